The molecule has 1 atom stereocenters. The number of methoxy groups -OCH3 is 1. The highest BCUT2D eigenvalue weighted by molar-refractivity contribution is 7.91. The maximum atomic E-state index is 13.7. The number of hydrogen-bond acceptors (Lipinski definition) is 9. The number of anilines is 1. The minimum Gasteiger partial charge on any atom is -0.478 e. The predicted octanol–water partition coefficient (Wildman–Crippen LogP) is 4.97. The Morgan fingerprint density at radius 1 is 1.18 bits per heavy atom. The molecule has 208 valence electrons. The van der Waals surface area contributed by atoms with Gasteiger partial charge in [0.1, 0.15) is 11.2 Å². The monoisotopic (exact) mass is 565 g/mol. The van der Waals surface area contributed by atoms with Gasteiger partial charge in [0.05, 0.1) is 22.5 Å². The summed E-state index contributed by atoms with van der Waals surface area (Å²) >= 11 is 0. The van der Waals surface area contributed by atoms with E-state index in [1.807, 2.05) is 0 Å². The second-order valence-corrected chi connectivity index (χ2v) is 11.5. The molecular weight excluding hydrogens is 539 g/mol. The zero-order valence-corrected chi connectivity index (χ0v) is 22.3. The summed E-state index contributed by atoms with van der Waals surface area (Å²) in [6.07, 6.45) is -1.84. The Balaban J connectivity index is 1.79. The first-order valence-corrected chi connectivity index (χ1v) is 13.7. The lowest BCUT2D eigenvalue weighted by atomic mass is 9.77. The SMILES string of the molecule is COc1nc(C2(O)CCC2)cc(C)c1Oc1nnc(C(F)(F)F)c(C)c1C(=O)Nc1cccc(S(C)(=N)=O)c1. The minimum atomic E-state index is -4.90. The van der Waals surface area contributed by atoms with Crippen molar-refractivity contribution in [1.29, 1.82) is 4.78 Å². The highest BCUT2D eigenvalue weighted by atomic mass is 32.2. The van der Waals surface area contributed by atoms with Gasteiger partial charge in [-0.3, -0.25) is 4.79 Å². The van der Waals surface area contributed by atoms with E-state index in [9.17, 15) is 27.3 Å². The van der Waals surface area contributed by atoms with E-state index in [1.165, 1.54) is 37.6 Å². The number of nitrogens with zero attached hydrogens (tertiary/aromatic N) is 3. The van der Waals surface area contributed by atoms with Gasteiger partial charge in [0, 0.05) is 16.8 Å². The summed E-state index contributed by atoms with van der Waals surface area (Å²) in [6, 6.07) is 7.20. The van der Waals surface area contributed by atoms with Crippen molar-refractivity contribution in [2.24, 2.45) is 0 Å². The van der Waals surface area contributed by atoms with Crippen LogP contribution in [0.5, 0.6) is 17.5 Å². The van der Waals surface area contributed by atoms with Gasteiger partial charge in [0.25, 0.3) is 17.7 Å². The second kappa shape index (κ2) is 10.1. The van der Waals surface area contributed by atoms with Crippen molar-refractivity contribution < 1.29 is 36.8 Å². The molecule has 14 heteroatoms. The summed E-state index contributed by atoms with van der Waals surface area (Å²) in [5, 5.41) is 20.0. The topological polar surface area (TPSA) is 147 Å². The van der Waals surface area contributed by atoms with Crippen LogP contribution in [0.3, 0.4) is 0 Å². The highest BCUT2D eigenvalue weighted by Crippen LogP contribution is 2.44. The number of carbonyl (C=O) groups excluding carboxylic acids is 1. The van der Waals surface area contributed by atoms with Crippen molar-refractivity contribution in [2.45, 2.75) is 49.8 Å². The number of aryl methyl sites for hydroxylation is 1. The van der Waals surface area contributed by atoms with Gasteiger partial charge in [0.2, 0.25) is 0 Å². The zero-order chi connectivity index (χ0) is 28.8. The Bertz CT molecular complexity index is 1560. The third kappa shape index (κ3) is 5.66. The van der Waals surface area contributed by atoms with E-state index in [-0.39, 0.29) is 22.2 Å². The number of amides is 1. The largest absolute Gasteiger partial charge is 0.478 e. The van der Waals surface area contributed by atoms with Crippen LogP contribution in [0, 0.1) is 18.6 Å². The van der Waals surface area contributed by atoms with Gasteiger partial charge in [-0.1, -0.05) is 6.07 Å². The molecule has 0 aliphatic heterocycles. The molecule has 4 rings (SSSR count). The Labute approximate surface area is 222 Å². The molecule has 3 N–H and O–H groups in total. The van der Waals surface area contributed by atoms with Crippen molar-refractivity contribution >= 4 is 21.3 Å². The highest BCUT2D eigenvalue weighted by Gasteiger charge is 2.40. The van der Waals surface area contributed by atoms with Crippen molar-refractivity contribution in [3.8, 4) is 17.5 Å². The molecule has 1 unspecified atom stereocenters. The van der Waals surface area contributed by atoms with Gasteiger partial charge in [0.15, 0.2) is 11.4 Å². The van der Waals surface area contributed by atoms with Crippen LogP contribution in [0.4, 0.5) is 18.9 Å². The first-order valence-electron chi connectivity index (χ1n) is 11.7. The van der Waals surface area contributed by atoms with Gasteiger partial charge in [-0.05, 0) is 68.5 Å². The van der Waals surface area contributed by atoms with Crippen LogP contribution >= 0.6 is 0 Å². The number of aromatic nitrogens is 3. The summed E-state index contributed by atoms with van der Waals surface area (Å²) in [5.41, 5.74) is -2.67. The number of benzene rings is 1. The number of pyridine rings is 1. The van der Waals surface area contributed by atoms with E-state index in [4.69, 9.17) is 14.3 Å². The third-order valence-corrected chi connectivity index (χ3v) is 7.55. The van der Waals surface area contributed by atoms with Crippen molar-refractivity contribution in [2.75, 3.05) is 18.7 Å². The van der Waals surface area contributed by atoms with Gasteiger partial charge in [-0.25, -0.2) is 14.0 Å². The number of ether oxygens (including phenoxy) is 2. The molecule has 2 aromatic heterocycles. The average Bonchev–Trinajstić information content (AvgIpc) is 2.82. The molecule has 0 bridgehead atoms. The Kier molecular flexibility index (Phi) is 7.29. The molecule has 1 aliphatic rings. The van der Waals surface area contributed by atoms with E-state index in [2.05, 4.69) is 20.5 Å². The van der Waals surface area contributed by atoms with Crippen LogP contribution in [-0.4, -0.2) is 43.8 Å². The quantitative estimate of drug-likeness (QED) is 0.364. The Hall–Kier alpha value is -3.78. The minimum absolute atomic E-state index is 0.0198. The van der Waals surface area contributed by atoms with Crippen molar-refractivity contribution in [1.82, 2.24) is 15.2 Å². The van der Waals surface area contributed by atoms with Crippen LogP contribution in [0.2, 0.25) is 0 Å². The summed E-state index contributed by atoms with van der Waals surface area (Å²) in [4.78, 5) is 17.8. The summed E-state index contributed by atoms with van der Waals surface area (Å²) in [5.74, 6) is -1.62. The van der Waals surface area contributed by atoms with Gasteiger partial charge >= 0.3 is 6.18 Å². The first-order chi connectivity index (χ1) is 18.1. The maximum absolute atomic E-state index is 13.7. The molecule has 0 spiro atoms. The lowest BCUT2D eigenvalue weighted by Gasteiger charge is -2.36. The maximum Gasteiger partial charge on any atom is 0.435 e. The number of aliphatic hydroxyl groups is 1. The fourth-order valence-corrected chi connectivity index (χ4v) is 4.80. The fraction of sp³-hybridized carbons (Fsp3) is 0.360. The number of carbonyl (C=O) groups is 1. The number of alkyl halides is 3. The summed E-state index contributed by atoms with van der Waals surface area (Å²) in [7, 11) is -1.81. The Morgan fingerprint density at radius 3 is 2.44 bits per heavy atom. The van der Waals surface area contributed by atoms with Crippen LogP contribution in [0.15, 0.2) is 35.2 Å². The molecule has 10 nitrogen and oxygen atoms in total. The number of halogens is 3. The molecule has 1 saturated carbocycles. The third-order valence-electron chi connectivity index (χ3n) is 6.40. The normalized spacial score (nSPS) is 16.1. The molecule has 2 heterocycles. The predicted molar refractivity (Wildman–Crippen MR) is 135 cm³/mol. The second-order valence-electron chi connectivity index (χ2n) is 9.33. The smallest absolute Gasteiger partial charge is 0.435 e. The molecule has 1 amide bonds. The number of hydrogen-bond donors (Lipinski definition) is 3. The fourth-order valence-electron chi connectivity index (χ4n) is 4.11. The standard InChI is InChI=1S/C25H26F3N5O5S/c1-13-11-17(24(35)9-6-10-24)31-23(37-3)19(13)38-22-18(14(2)20(32-33-22)25(26,27)28)21(34)30-15-7-5-8-16(12-15)39(4,29)36/h5,7-8,11-12,29,35H,6,9-10H2,1-4H3,(H,30,34). The first kappa shape index (κ1) is 28.2. The van der Waals surface area contributed by atoms with Crippen molar-refractivity contribution in [3.05, 3.63) is 58.4 Å². The van der Waals surface area contributed by atoms with Crippen molar-refractivity contribution in [3.63, 3.8) is 0 Å². The molecule has 39 heavy (non-hydrogen) atoms. The Morgan fingerprint density at radius 2 is 1.87 bits per heavy atom. The molecule has 0 saturated heterocycles. The molecule has 1 aliphatic carbocycles. The molecular formula is C25H26F3N5O5S. The number of rotatable bonds is 7. The molecule has 1 fully saturated rings. The van der Waals surface area contributed by atoms with E-state index in [0.29, 0.717) is 24.1 Å². The van der Waals surface area contributed by atoms with Crippen LogP contribution < -0.4 is 14.8 Å². The average molecular weight is 566 g/mol. The van der Waals surface area contributed by atoms with E-state index >= 15 is 0 Å². The zero-order valence-electron chi connectivity index (χ0n) is 21.5. The van der Waals surface area contributed by atoms with Gasteiger partial charge in [-0.2, -0.15) is 13.2 Å². The lowest BCUT2D eigenvalue weighted by molar-refractivity contribution is -0.142. The molecule has 1 aromatic carbocycles. The van der Waals surface area contributed by atoms with E-state index in [0.717, 1.165) is 13.3 Å². The van der Waals surface area contributed by atoms with E-state index < -0.39 is 50.1 Å². The molecule has 3 aromatic rings. The summed E-state index contributed by atoms with van der Waals surface area (Å²) in [6.45, 7) is 2.69. The molecule has 0 radical (unpaired) electrons. The lowest BCUT2D eigenvalue weighted by Crippen LogP contribution is -2.34. The van der Waals surface area contributed by atoms with Crippen LogP contribution in [0.1, 0.15) is 52.1 Å². The number of nitrogens with one attached hydrogen (secondary N) is 2. The van der Waals surface area contributed by atoms with Crippen LogP contribution in [0.25, 0.3) is 0 Å². The van der Waals surface area contributed by atoms with Gasteiger partial charge in [-0.15, -0.1) is 10.2 Å². The van der Waals surface area contributed by atoms with Crippen LogP contribution in [-0.2, 0) is 21.5 Å². The van der Waals surface area contributed by atoms with E-state index in [1.54, 1.807) is 13.0 Å². The summed E-state index contributed by atoms with van der Waals surface area (Å²) < 4.78 is 72.0. The van der Waals surface area contributed by atoms with Gasteiger partial charge < -0.3 is 19.9 Å².